The van der Waals surface area contributed by atoms with Crippen LogP contribution in [0.2, 0.25) is 0 Å². The Morgan fingerprint density at radius 3 is 2.70 bits per heavy atom. The van der Waals surface area contributed by atoms with Crippen LogP contribution in [0.25, 0.3) is 0 Å². The molecule has 3 N–H and O–H groups in total. The number of carbonyl (C=O) groups excluding carboxylic acids is 1. The van der Waals surface area contributed by atoms with E-state index in [1.807, 2.05) is 43.3 Å². The molecule has 4 heteroatoms. The third-order valence-electron chi connectivity index (χ3n) is 3.18. The number of pyridine rings is 1. The lowest BCUT2D eigenvalue weighted by atomic mass is 10.1. The summed E-state index contributed by atoms with van der Waals surface area (Å²) in [6.07, 6.45) is 4.67. The van der Waals surface area contributed by atoms with Crippen LogP contribution in [0.1, 0.15) is 30.5 Å². The minimum atomic E-state index is -0.0254. The maximum Gasteiger partial charge on any atom is 0.220 e. The van der Waals surface area contributed by atoms with Gasteiger partial charge in [0.05, 0.1) is 6.04 Å². The Balaban J connectivity index is 1.82. The van der Waals surface area contributed by atoms with Gasteiger partial charge < -0.3 is 11.1 Å². The van der Waals surface area contributed by atoms with Gasteiger partial charge in [0, 0.05) is 24.5 Å². The summed E-state index contributed by atoms with van der Waals surface area (Å²) in [7, 11) is 0. The second-order valence-corrected chi connectivity index (χ2v) is 4.82. The Kier molecular flexibility index (Phi) is 4.71. The fourth-order valence-electron chi connectivity index (χ4n) is 1.97. The molecular weight excluding hydrogens is 250 g/mol. The van der Waals surface area contributed by atoms with E-state index in [1.165, 1.54) is 0 Å². The first-order valence-corrected chi connectivity index (χ1v) is 6.69. The molecule has 20 heavy (non-hydrogen) atoms. The zero-order valence-electron chi connectivity index (χ0n) is 11.5. The van der Waals surface area contributed by atoms with E-state index in [2.05, 4.69) is 10.3 Å². The molecule has 1 amide bonds. The van der Waals surface area contributed by atoms with Crippen molar-refractivity contribution in [3.63, 3.8) is 0 Å². The smallest absolute Gasteiger partial charge is 0.220 e. The molecule has 2 rings (SSSR count). The monoisotopic (exact) mass is 269 g/mol. The maximum atomic E-state index is 11.9. The quantitative estimate of drug-likeness (QED) is 0.819. The van der Waals surface area contributed by atoms with Crippen molar-refractivity contribution >= 4 is 11.6 Å². The average molecular weight is 269 g/mol. The molecule has 104 valence electrons. The van der Waals surface area contributed by atoms with Gasteiger partial charge in [-0.05, 0) is 42.7 Å². The average Bonchev–Trinajstić information content (AvgIpc) is 2.47. The van der Waals surface area contributed by atoms with E-state index in [4.69, 9.17) is 5.73 Å². The summed E-state index contributed by atoms with van der Waals surface area (Å²) in [5, 5.41) is 2.97. The molecule has 0 bridgehead atoms. The van der Waals surface area contributed by atoms with Gasteiger partial charge in [0.25, 0.3) is 0 Å². The molecule has 1 atom stereocenters. The van der Waals surface area contributed by atoms with Crippen LogP contribution in [0, 0.1) is 0 Å². The highest BCUT2D eigenvalue weighted by atomic mass is 16.1. The Morgan fingerprint density at radius 2 is 2.05 bits per heavy atom. The van der Waals surface area contributed by atoms with Crippen LogP contribution in [0.4, 0.5) is 5.69 Å². The molecule has 0 spiro atoms. The number of nitrogens with two attached hydrogens (primary N) is 1. The van der Waals surface area contributed by atoms with Crippen LogP contribution in [0.3, 0.4) is 0 Å². The molecule has 0 unspecified atom stereocenters. The van der Waals surface area contributed by atoms with Crippen molar-refractivity contribution in [2.45, 2.75) is 25.8 Å². The van der Waals surface area contributed by atoms with Gasteiger partial charge in [-0.25, -0.2) is 0 Å². The van der Waals surface area contributed by atoms with Crippen molar-refractivity contribution in [1.82, 2.24) is 10.3 Å². The highest BCUT2D eigenvalue weighted by molar-refractivity contribution is 5.76. The number of amides is 1. The Bertz CT molecular complexity index is 552. The summed E-state index contributed by atoms with van der Waals surface area (Å²) in [6.45, 7) is 1.96. The summed E-state index contributed by atoms with van der Waals surface area (Å²) >= 11 is 0. The van der Waals surface area contributed by atoms with Crippen molar-refractivity contribution in [3.8, 4) is 0 Å². The van der Waals surface area contributed by atoms with Gasteiger partial charge in [0.15, 0.2) is 0 Å². The van der Waals surface area contributed by atoms with E-state index in [0.717, 1.165) is 16.8 Å². The normalized spacial score (nSPS) is 11.8. The van der Waals surface area contributed by atoms with Gasteiger partial charge in [0.1, 0.15) is 0 Å². The minimum absolute atomic E-state index is 0.0254. The number of carbonyl (C=O) groups is 1. The number of hydrogen-bond donors (Lipinski definition) is 2. The Hall–Kier alpha value is -2.36. The number of nitrogens with zero attached hydrogens (tertiary/aromatic N) is 1. The molecule has 2 aromatic rings. The fourth-order valence-corrected chi connectivity index (χ4v) is 1.97. The lowest BCUT2D eigenvalue weighted by Crippen LogP contribution is -2.26. The predicted molar refractivity (Wildman–Crippen MR) is 80.0 cm³/mol. The van der Waals surface area contributed by atoms with Crippen LogP contribution in [0.15, 0.2) is 48.8 Å². The van der Waals surface area contributed by atoms with Crippen molar-refractivity contribution in [1.29, 1.82) is 0 Å². The molecule has 1 heterocycles. The molecule has 0 radical (unpaired) electrons. The zero-order valence-corrected chi connectivity index (χ0v) is 11.5. The second-order valence-electron chi connectivity index (χ2n) is 4.82. The highest BCUT2D eigenvalue weighted by Crippen LogP contribution is 2.11. The number of benzene rings is 1. The zero-order chi connectivity index (χ0) is 14.4. The first-order chi connectivity index (χ1) is 9.65. The van der Waals surface area contributed by atoms with E-state index < -0.39 is 0 Å². The summed E-state index contributed by atoms with van der Waals surface area (Å²) in [5.41, 5.74) is 8.49. The standard InChI is InChI=1S/C16H19N3O/c1-12(14-3-2-10-18-11-14)19-16(20)9-6-13-4-7-15(17)8-5-13/h2-5,7-8,10-12H,6,9,17H2,1H3,(H,19,20)/t12-/m1/s1. The largest absolute Gasteiger partial charge is 0.399 e. The summed E-state index contributed by atoms with van der Waals surface area (Å²) in [6, 6.07) is 11.4. The fraction of sp³-hybridized carbons (Fsp3) is 0.250. The van der Waals surface area contributed by atoms with Crippen molar-refractivity contribution in [2.24, 2.45) is 0 Å². The summed E-state index contributed by atoms with van der Waals surface area (Å²) in [5.74, 6) is 0.0400. The second kappa shape index (κ2) is 6.70. The SMILES string of the molecule is C[C@@H](NC(=O)CCc1ccc(N)cc1)c1cccnc1. The molecule has 1 aromatic carbocycles. The molecule has 4 nitrogen and oxygen atoms in total. The van der Waals surface area contributed by atoms with Crippen LogP contribution in [-0.2, 0) is 11.2 Å². The van der Waals surface area contributed by atoms with Crippen LogP contribution < -0.4 is 11.1 Å². The maximum absolute atomic E-state index is 11.9. The topological polar surface area (TPSA) is 68.0 Å². The predicted octanol–water partition coefficient (Wildman–Crippen LogP) is 2.47. The molecule has 0 aliphatic heterocycles. The van der Waals surface area contributed by atoms with Crippen LogP contribution in [0.5, 0.6) is 0 Å². The van der Waals surface area contributed by atoms with E-state index in [9.17, 15) is 4.79 Å². The molecule has 0 saturated heterocycles. The molecule has 0 aliphatic carbocycles. The van der Waals surface area contributed by atoms with Gasteiger partial charge in [-0.15, -0.1) is 0 Å². The Labute approximate surface area is 119 Å². The van der Waals surface area contributed by atoms with Gasteiger partial charge in [0.2, 0.25) is 5.91 Å². The number of nitrogens with one attached hydrogen (secondary N) is 1. The minimum Gasteiger partial charge on any atom is -0.399 e. The van der Waals surface area contributed by atoms with Gasteiger partial charge in [-0.2, -0.15) is 0 Å². The molecule has 0 fully saturated rings. The molecule has 0 aliphatic rings. The highest BCUT2D eigenvalue weighted by Gasteiger charge is 2.09. The molecule has 0 saturated carbocycles. The number of hydrogen-bond acceptors (Lipinski definition) is 3. The third-order valence-corrected chi connectivity index (χ3v) is 3.18. The number of anilines is 1. The number of aromatic nitrogens is 1. The van der Waals surface area contributed by atoms with E-state index in [0.29, 0.717) is 12.8 Å². The summed E-state index contributed by atoms with van der Waals surface area (Å²) < 4.78 is 0. The first kappa shape index (κ1) is 14.1. The van der Waals surface area contributed by atoms with E-state index >= 15 is 0 Å². The lowest BCUT2D eigenvalue weighted by Gasteiger charge is -2.13. The number of nitrogen functional groups attached to an aromatic ring is 1. The van der Waals surface area contributed by atoms with Crippen LogP contribution in [-0.4, -0.2) is 10.9 Å². The Morgan fingerprint density at radius 1 is 1.30 bits per heavy atom. The van der Waals surface area contributed by atoms with Crippen molar-refractivity contribution in [3.05, 3.63) is 59.9 Å². The molecule has 1 aromatic heterocycles. The number of aryl methyl sites for hydroxylation is 1. The molecular formula is C16H19N3O. The van der Waals surface area contributed by atoms with Gasteiger partial charge in [-0.1, -0.05) is 18.2 Å². The van der Waals surface area contributed by atoms with E-state index in [-0.39, 0.29) is 11.9 Å². The van der Waals surface area contributed by atoms with Gasteiger partial charge in [-0.3, -0.25) is 9.78 Å². The van der Waals surface area contributed by atoms with Crippen molar-refractivity contribution < 1.29 is 4.79 Å². The first-order valence-electron chi connectivity index (χ1n) is 6.69. The lowest BCUT2D eigenvalue weighted by molar-refractivity contribution is -0.121. The van der Waals surface area contributed by atoms with Crippen molar-refractivity contribution in [2.75, 3.05) is 5.73 Å². The third kappa shape index (κ3) is 4.09. The summed E-state index contributed by atoms with van der Waals surface area (Å²) in [4.78, 5) is 16.0. The van der Waals surface area contributed by atoms with E-state index in [1.54, 1.807) is 12.4 Å². The van der Waals surface area contributed by atoms with Crippen LogP contribution >= 0.6 is 0 Å². The van der Waals surface area contributed by atoms with Gasteiger partial charge >= 0.3 is 0 Å². The number of rotatable bonds is 5.